The summed E-state index contributed by atoms with van der Waals surface area (Å²) in [7, 11) is 0. The van der Waals surface area contributed by atoms with Gasteiger partial charge in [0.25, 0.3) is 5.91 Å². The molecule has 2 amide bonds. The minimum absolute atomic E-state index is 0.125. The van der Waals surface area contributed by atoms with Crippen molar-refractivity contribution in [3.63, 3.8) is 0 Å². The van der Waals surface area contributed by atoms with Crippen LogP contribution in [0, 0.1) is 0 Å². The number of para-hydroxylation sites is 2. The van der Waals surface area contributed by atoms with Crippen LogP contribution in [0.2, 0.25) is 0 Å². The van der Waals surface area contributed by atoms with Gasteiger partial charge in [0.05, 0.1) is 29.1 Å². The van der Waals surface area contributed by atoms with Gasteiger partial charge in [0.15, 0.2) is 16.1 Å². The maximum Gasteiger partial charge on any atom is 0.251 e. The molecule has 2 aromatic heterocycles. The summed E-state index contributed by atoms with van der Waals surface area (Å²) in [5.74, 6) is 0.992. The molecule has 2 N–H and O–H groups in total. The predicted molar refractivity (Wildman–Crippen MR) is 158 cm³/mol. The number of hydrogen-bond acceptors (Lipinski definition) is 8. The van der Waals surface area contributed by atoms with E-state index in [1.807, 2.05) is 59.2 Å². The molecule has 0 spiro atoms. The van der Waals surface area contributed by atoms with Crippen molar-refractivity contribution < 1.29 is 14.3 Å². The molecule has 0 atom stereocenters. The molecule has 40 heavy (non-hydrogen) atoms. The van der Waals surface area contributed by atoms with Gasteiger partial charge < -0.3 is 15.4 Å². The lowest BCUT2D eigenvalue weighted by Gasteiger charge is -2.11. The Labute approximate surface area is 240 Å². The average molecular weight is 573 g/mol. The van der Waals surface area contributed by atoms with Crippen molar-refractivity contribution in [2.45, 2.75) is 31.5 Å². The lowest BCUT2D eigenvalue weighted by Crippen LogP contribution is -2.24. The number of unbranched alkanes of at least 4 members (excludes halogenated alkanes) is 1. The zero-order chi connectivity index (χ0) is 27.7. The molecule has 0 radical (unpaired) electrons. The summed E-state index contributed by atoms with van der Waals surface area (Å²) in [6.45, 7) is 2.93. The number of ether oxygens (including phenoxy) is 1. The van der Waals surface area contributed by atoms with Gasteiger partial charge in [-0.1, -0.05) is 66.8 Å². The number of nitrogens with one attached hydrogen (secondary N) is 2. The highest BCUT2D eigenvalue weighted by atomic mass is 32.2. The van der Waals surface area contributed by atoms with E-state index < -0.39 is 0 Å². The van der Waals surface area contributed by atoms with Gasteiger partial charge in [-0.3, -0.25) is 14.2 Å². The molecule has 0 fully saturated rings. The first-order chi connectivity index (χ1) is 19.6. The van der Waals surface area contributed by atoms with E-state index in [-0.39, 0.29) is 24.1 Å². The van der Waals surface area contributed by atoms with Gasteiger partial charge >= 0.3 is 0 Å². The summed E-state index contributed by atoms with van der Waals surface area (Å²) in [6, 6.07) is 24.4. The largest absolute Gasteiger partial charge is 0.494 e. The quantitative estimate of drug-likeness (QED) is 0.145. The smallest absolute Gasteiger partial charge is 0.251 e. The third-order valence-corrected chi connectivity index (χ3v) is 7.76. The number of thiazole rings is 1. The Morgan fingerprint density at radius 3 is 2.52 bits per heavy atom. The maximum atomic E-state index is 12.8. The maximum absolute atomic E-state index is 12.8. The first kappa shape index (κ1) is 27.4. The molecule has 0 saturated carbocycles. The number of anilines is 1. The average Bonchev–Trinajstić information content (AvgIpc) is 3.59. The predicted octanol–water partition coefficient (Wildman–Crippen LogP) is 5.72. The van der Waals surface area contributed by atoms with Gasteiger partial charge in [-0.05, 0) is 55.0 Å². The van der Waals surface area contributed by atoms with Crippen molar-refractivity contribution in [2.75, 3.05) is 17.7 Å². The second-order valence-corrected chi connectivity index (χ2v) is 10.8. The first-order valence-electron chi connectivity index (χ1n) is 12.9. The summed E-state index contributed by atoms with van der Waals surface area (Å²) in [6.07, 6.45) is 2.05. The van der Waals surface area contributed by atoms with E-state index in [1.165, 1.54) is 23.1 Å². The van der Waals surface area contributed by atoms with Crippen LogP contribution < -0.4 is 15.4 Å². The highest BCUT2D eigenvalue weighted by molar-refractivity contribution is 7.99. The van der Waals surface area contributed by atoms with Gasteiger partial charge in [-0.25, -0.2) is 4.98 Å². The van der Waals surface area contributed by atoms with E-state index in [1.54, 1.807) is 24.3 Å². The zero-order valence-corrected chi connectivity index (χ0v) is 23.5. The number of benzene rings is 3. The summed E-state index contributed by atoms with van der Waals surface area (Å²) < 4.78 is 8.54. The SMILES string of the molecule is CCCCOc1ccc(C(=O)NCc2nnc(SCC(=O)Nc3nc4ccccc4s3)n2-c2ccccc2)cc1. The monoisotopic (exact) mass is 572 g/mol. The van der Waals surface area contributed by atoms with Crippen LogP contribution in [0.4, 0.5) is 5.13 Å². The van der Waals surface area contributed by atoms with Gasteiger partial charge in [0.2, 0.25) is 5.91 Å². The second-order valence-electron chi connectivity index (χ2n) is 8.80. The van der Waals surface area contributed by atoms with Gasteiger partial charge in [0, 0.05) is 11.3 Å². The molecule has 5 aromatic rings. The van der Waals surface area contributed by atoms with E-state index in [9.17, 15) is 9.59 Å². The van der Waals surface area contributed by atoms with Crippen molar-refractivity contribution >= 4 is 50.3 Å². The molecule has 0 aliphatic carbocycles. The Kier molecular flexibility index (Phi) is 9.04. The van der Waals surface area contributed by atoms with Crippen LogP contribution in [-0.2, 0) is 11.3 Å². The molecule has 0 saturated heterocycles. The van der Waals surface area contributed by atoms with E-state index >= 15 is 0 Å². The van der Waals surface area contributed by atoms with Crippen LogP contribution in [0.5, 0.6) is 5.75 Å². The summed E-state index contributed by atoms with van der Waals surface area (Å²) in [5.41, 5.74) is 2.20. The third kappa shape index (κ3) is 6.85. The topological polar surface area (TPSA) is 111 Å². The van der Waals surface area contributed by atoms with Crippen LogP contribution in [0.1, 0.15) is 35.9 Å². The number of amides is 2. The van der Waals surface area contributed by atoms with Crippen LogP contribution in [0.3, 0.4) is 0 Å². The van der Waals surface area contributed by atoms with E-state index in [2.05, 4.69) is 32.7 Å². The molecule has 11 heteroatoms. The summed E-state index contributed by atoms with van der Waals surface area (Å²) in [4.78, 5) is 30.0. The molecule has 5 rings (SSSR count). The minimum Gasteiger partial charge on any atom is -0.494 e. The van der Waals surface area contributed by atoms with Gasteiger partial charge in [-0.15, -0.1) is 10.2 Å². The normalized spacial score (nSPS) is 10.9. The second kappa shape index (κ2) is 13.2. The highest BCUT2D eigenvalue weighted by Gasteiger charge is 2.17. The fourth-order valence-electron chi connectivity index (χ4n) is 3.85. The molecule has 0 unspecified atom stereocenters. The number of hydrogen-bond donors (Lipinski definition) is 2. The number of fused-ring (bicyclic) bond motifs is 1. The molecule has 9 nitrogen and oxygen atoms in total. The number of carbonyl (C=O) groups is 2. The van der Waals surface area contributed by atoms with E-state index in [0.717, 1.165) is 34.5 Å². The van der Waals surface area contributed by atoms with Crippen LogP contribution >= 0.6 is 23.1 Å². The Morgan fingerprint density at radius 1 is 0.975 bits per heavy atom. The lowest BCUT2D eigenvalue weighted by atomic mass is 10.2. The molecule has 0 aliphatic heterocycles. The van der Waals surface area contributed by atoms with Crippen molar-refractivity contribution in [3.05, 3.63) is 90.3 Å². The minimum atomic E-state index is -0.230. The fraction of sp³-hybridized carbons (Fsp3) is 0.207. The van der Waals surface area contributed by atoms with Crippen LogP contribution in [0.15, 0.2) is 84.0 Å². The molecule has 2 heterocycles. The number of rotatable bonds is 12. The standard InChI is InChI=1S/C29H28N6O3S2/c1-2-3-17-38-22-15-13-20(14-16-22)27(37)30-18-25-33-34-29(35(25)21-9-5-4-6-10-21)39-19-26(36)32-28-31-23-11-7-8-12-24(23)40-28/h4-16H,2-3,17-19H2,1H3,(H,30,37)(H,31,32,36). The highest BCUT2D eigenvalue weighted by Crippen LogP contribution is 2.26. The number of carbonyl (C=O) groups excluding carboxylic acids is 2. The number of thioether (sulfide) groups is 1. The van der Waals surface area contributed by atoms with Crippen molar-refractivity contribution in [3.8, 4) is 11.4 Å². The van der Waals surface area contributed by atoms with E-state index in [4.69, 9.17) is 4.74 Å². The Morgan fingerprint density at radius 2 is 1.75 bits per heavy atom. The third-order valence-electron chi connectivity index (χ3n) is 5.88. The molecule has 204 valence electrons. The van der Waals surface area contributed by atoms with Crippen molar-refractivity contribution in [1.29, 1.82) is 0 Å². The Balaban J connectivity index is 1.24. The molecule has 3 aromatic carbocycles. The molecular formula is C29H28N6O3S2. The number of nitrogens with zero attached hydrogens (tertiary/aromatic N) is 4. The zero-order valence-electron chi connectivity index (χ0n) is 21.9. The van der Waals surface area contributed by atoms with Gasteiger partial charge in [0.1, 0.15) is 5.75 Å². The first-order valence-corrected chi connectivity index (χ1v) is 14.7. The van der Waals surface area contributed by atoms with Crippen molar-refractivity contribution in [1.82, 2.24) is 25.1 Å². The van der Waals surface area contributed by atoms with E-state index in [0.29, 0.717) is 28.3 Å². The van der Waals surface area contributed by atoms with Crippen molar-refractivity contribution in [2.24, 2.45) is 0 Å². The lowest BCUT2D eigenvalue weighted by molar-refractivity contribution is -0.113. The summed E-state index contributed by atoms with van der Waals surface area (Å²) >= 11 is 2.70. The molecule has 0 aliphatic rings. The summed E-state index contributed by atoms with van der Waals surface area (Å²) in [5, 5.41) is 15.5. The molecular weight excluding hydrogens is 544 g/mol. The van der Waals surface area contributed by atoms with Gasteiger partial charge in [-0.2, -0.15) is 0 Å². The Hall–Kier alpha value is -4.22. The van der Waals surface area contributed by atoms with Crippen LogP contribution in [-0.4, -0.2) is 43.9 Å². The fourth-order valence-corrected chi connectivity index (χ4v) is 5.51. The number of aromatic nitrogens is 4. The molecule has 0 bridgehead atoms. The Bertz CT molecular complexity index is 1550. The van der Waals surface area contributed by atoms with Crippen LogP contribution in [0.25, 0.3) is 15.9 Å².